The summed E-state index contributed by atoms with van der Waals surface area (Å²) in [5.74, 6) is 3.13. The van der Waals surface area contributed by atoms with Crippen LogP contribution in [-0.4, -0.2) is 29.1 Å². The molecule has 0 aromatic carbocycles. The fraction of sp³-hybridized carbons (Fsp3) is 0.941. The highest BCUT2D eigenvalue weighted by molar-refractivity contribution is 5.89. The molecule has 3 nitrogen and oxygen atoms in total. The van der Waals surface area contributed by atoms with E-state index in [0.717, 1.165) is 43.6 Å². The molecule has 1 atom stereocenters. The van der Waals surface area contributed by atoms with Crippen molar-refractivity contribution in [3.8, 4) is 0 Å². The molecule has 1 aliphatic heterocycles. The zero-order chi connectivity index (χ0) is 13.7. The van der Waals surface area contributed by atoms with Crippen LogP contribution in [0.2, 0.25) is 0 Å². The third-order valence-corrected chi connectivity index (χ3v) is 6.20. The lowest BCUT2D eigenvalue weighted by Crippen LogP contribution is -2.44. The quantitative estimate of drug-likeness (QED) is 0.837. The van der Waals surface area contributed by atoms with E-state index >= 15 is 0 Å². The van der Waals surface area contributed by atoms with Crippen molar-refractivity contribution in [1.29, 1.82) is 0 Å². The second-order valence-electron chi connectivity index (χ2n) is 7.65. The van der Waals surface area contributed by atoms with Crippen molar-refractivity contribution in [3.63, 3.8) is 0 Å². The van der Waals surface area contributed by atoms with Gasteiger partial charge >= 0.3 is 0 Å². The number of amides is 1. The second-order valence-corrected chi connectivity index (χ2v) is 7.65. The molecule has 1 N–H and O–H groups in total. The summed E-state index contributed by atoms with van der Waals surface area (Å²) in [6, 6.07) is 0. The highest BCUT2D eigenvalue weighted by Gasteiger charge is 2.53. The molecule has 3 aliphatic carbocycles. The first-order chi connectivity index (χ1) is 9.73. The van der Waals surface area contributed by atoms with Crippen LogP contribution in [0.25, 0.3) is 0 Å². The van der Waals surface area contributed by atoms with Crippen molar-refractivity contribution in [1.82, 2.24) is 10.2 Å². The fourth-order valence-electron chi connectivity index (χ4n) is 4.70. The summed E-state index contributed by atoms with van der Waals surface area (Å²) in [7, 11) is 0. The average molecular weight is 276 g/mol. The minimum atomic E-state index is -0.168. The Morgan fingerprint density at radius 3 is 2.30 bits per heavy atom. The highest BCUT2D eigenvalue weighted by atomic mass is 16.2. The maximum absolute atomic E-state index is 13.0. The summed E-state index contributed by atoms with van der Waals surface area (Å²) < 4.78 is 0. The van der Waals surface area contributed by atoms with Crippen LogP contribution in [0.1, 0.15) is 64.7 Å². The van der Waals surface area contributed by atoms with Crippen LogP contribution < -0.4 is 5.32 Å². The van der Waals surface area contributed by atoms with E-state index in [2.05, 4.69) is 17.1 Å². The van der Waals surface area contributed by atoms with Gasteiger partial charge in [0.2, 0.25) is 5.91 Å². The fourth-order valence-corrected chi connectivity index (χ4v) is 4.70. The first-order valence-corrected chi connectivity index (χ1v) is 8.82. The normalized spacial score (nSPS) is 32.8. The lowest BCUT2D eigenvalue weighted by molar-refractivity contribution is -0.134. The Bertz CT molecular complexity index is 382. The Hall–Kier alpha value is -0.570. The third kappa shape index (κ3) is 2.09. The molecule has 0 radical (unpaired) electrons. The number of hydrogen-bond donors (Lipinski definition) is 1. The van der Waals surface area contributed by atoms with Crippen LogP contribution in [-0.2, 0) is 4.79 Å². The number of hydrogen-bond acceptors (Lipinski definition) is 2. The van der Waals surface area contributed by atoms with Crippen molar-refractivity contribution in [2.45, 2.75) is 76.4 Å². The average Bonchev–Trinajstić information content (AvgIpc) is 3.38. The Labute approximate surface area is 122 Å². The standard InChI is InChI=1S/C17H28N2O/c1-2-15-18-17(9-3-4-10-17)16(20)19(15)11-14(12-5-6-12)13-7-8-13/h12-15,18H,2-11H2,1H3. The zero-order valence-corrected chi connectivity index (χ0v) is 12.7. The molecule has 1 unspecified atom stereocenters. The van der Waals surface area contributed by atoms with E-state index in [0.29, 0.717) is 12.1 Å². The van der Waals surface area contributed by atoms with Gasteiger partial charge in [0.15, 0.2) is 0 Å². The minimum absolute atomic E-state index is 0.168. The first kappa shape index (κ1) is 13.1. The third-order valence-electron chi connectivity index (χ3n) is 6.20. The van der Waals surface area contributed by atoms with Gasteiger partial charge in [0.25, 0.3) is 0 Å². The topological polar surface area (TPSA) is 32.3 Å². The molecular formula is C17H28N2O. The Balaban J connectivity index is 1.51. The molecule has 112 valence electrons. The number of nitrogens with one attached hydrogen (secondary N) is 1. The van der Waals surface area contributed by atoms with Gasteiger partial charge in [0.05, 0.1) is 11.7 Å². The van der Waals surface area contributed by atoms with E-state index in [1.165, 1.54) is 38.5 Å². The molecule has 0 aromatic rings. The molecule has 1 spiro atoms. The Kier molecular flexibility index (Phi) is 3.10. The SMILES string of the molecule is CCC1NC2(CCCC2)C(=O)N1CC(C1CC1)C1CC1. The summed E-state index contributed by atoms with van der Waals surface area (Å²) >= 11 is 0. The van der Waals surface area contributed by atoms with E-state index in [9.17, 15) is 4.79 Å². The number of carbonyl (C=O) groups excluding carboxylic acids is 1. The molecule has 4 fully saturated rings. The van der Waals surface area contributed by atoms with Crippen molar-refractivity contribution >= 4 is 5.91 Å². The van der Waals surface area contributed by atoms with Crippen LogP contribution in [0, 0.1) is 17.8 Å². The van der Waals surface area contributed by atoms with Gasteiger partial charge in [0.1, 0.15) is 0 Å². The van der Waals surface area contributed by atoms with Crippen LogP contribution in [0.5, 0.6) is 0 Å². The molecule has 4 aliphatic rings. The molecule has 0 bridgehead atoms. The number of rotatable bonds is 5. The monoisotopic (exact) mass is 276 g/mol. The van der Waals surface area contributed by atoms with Crippen molar-refractivity contribution in [2.75, 3.05) is 6.54 Å². The molecule has 4 rings (SSSR count). The molecule has 1 heterocycles. The second kappa shape index (κ2) is 4.72. The molecule has 1 saturated heterocycles. The summed E-state index contributed by atoms with van der Waals surface area (Å²) in [5, 5.41) is 3.72. The number of carbonyl (C=O) groups is 1. The minimum Gasteiger partial charge on any atom is -0.325 e. The smallest absolute Gasteiger partial charge is 0.244 e. The summed E-state index contributed by atoms with van der Waals surface area (Å²) in [4.78, 5) is 15.2. The van der Waals surface area contributed by atoms with Gasteiger partial charge in [-0.05, 0) is 62.7 Å². The molecule has 0 aromatic heterocycles. The number of nitrogens with zero attached hydrogens (tertiary/aromatic N) is 1. The van der Waals surface area contributed by atoms with E-state index in [1.807, 2.05) is 0 Å². The predicted octanol–water partition coefficient (Wildman–Crippen LogP) is 2.90. The van der Waals surface area contributed by atoms with Crippen LogP contribution >= 0.6 is 0 Å². The lowest BCUT2D eigenvalue weighted by atomic mass is 9.95. The van der Waals surface area contributed by atoms with E-state index < -0.39 is 0 Å². The van der Waals surface area contributed by atoms with Gasteiger partial charge in [-0.1, -0.05) is 19.8 Å². The summed E-state index contributed by atoms with van der Waals surface area (Å²) in [5.41, 5.74) is -0.168. The van der Waals surface area contributed by atoms with Crippen LogP contribution in [0.15, 0.2) is 0 Å². The van der Waals surface area contributed by atoms with Gasteiger partial charge in [-0.15, -0.1) is 0 Å². The molecule has 1 amide bonds. The van der Waals surface area contributed by atoms with E-state index in [-0.39, 0.29) is 5.54 Å². The maximum Gasteiger partial charge on any atom is 0.244 e. The van der Waals surface area contributed by atoms with Crippen molar-refractivity contribution in [2.24, 2.45) is 17.8 Å². The van der Waals surface area contributed by atoms with Crippen molar-refractivity contribution in [3.05, 3.63) is 0 Å². The van der Waals surface area contributed by atoms with Gasteiger partial charge in [-0.2, -0.15) is 0 Å². The Morgan fingerprint density at radius 1 is 1.20 bits per heavy atom. The maximum atomic E-state index is 13.0. The van der Waals surface area contributed by atoms with Crippen molar-refractivity contribution < 1.29 is 4.79 Å². The molecule has 3 saturated carbocycles. The molecule has 3 heteroatoms. The molecule has 20 heavy (non-hydrogen) atoms. The van der Waals surface area contributed by atoms with Crippen LogP contribution in [0.3, 0.4) is 0 Å². The predicted molar refractivity (Wildman–Crippen MR) is 79.1 cm³/mol. The molecular weight excluding hydrogens is 248 g/mol. The highest BCUT2D eigenvalue weighted by Crippen LogP contribution is 2.50. The van der Waals surface area contributed by atoms with Gasteiger partial charge in [0, 0.05) is 6.54 Å². The Morgan fingerprint density at radius 2 is 1.80 bits per heavy atom. The lowest BCUT2D eigenvalue weighted by Gasteiger charge is -2.28. The van der Waals surface area contributed by atoms with Gasteiger partial charge < -0.3 is 4.90 Å². The largest absolute Gasteiger partial charge is 0.325 e. The van der Waals surface area contributed by atoms with Gasteiger partial charge in [-0.25, -0.2) is 0 Å². The first-order valence-electron chi connectivity index (χ1n) is 8.82. The van der Waals surface area contributed by atoms with E-state index in [1.54, 1.807) is 0 Å². The summed E-state index contributed by atoms with van der Waals surface area (Å²) in [6.07, 6.45) is 11.6. The van der Waals surface area contributed by atoms with Crippen LogP contribution in [0.4, 0.5) is 0 Å². The zero-order valence-electron chi connectivity index (χ0n) is 12.7. The van der Waals surface area contributed by atoms with E-state index in [4.69, 9.17) is 0 Å². The summed E-state index contributed by atoms with van der Waals surface area (Å²) in [6.45, 7) is 3.26. The van der Waals surface area contributed by atoms with Gasteiger partial charge in [-0.3, -0.25) is 10.1 Å².